The molecule has 9 heteroatoms. The molecular weight excluding hydrogens is 329 g/mol. The summed E-state index contributed by atoms with van der Waals surface area (Å²) in [6.45, 7) is 4.38. The summed E-state index contributed by atoms with van der Waals surface area (Å²) < 4.78 is 64.8. The molecule has 0 saturated heterocycles. The minimum Gasteiger partial charge on any atom is -0.329 e. The lowest BCUT2D eigenvalue weighted by molar-refractivity contribution is -0.138. The maximum atomic E-state index is 12.8. The van der Waals surface area contributed by atoms with Crippen LogP contribution in [0.25, 0.3) is 0 Å². The Morgan fingerprint density at radius 2 is 1.76 bits per heavy atom. The summed E-state index contributed by atoms with van der Waals surface area (Å²) in [5.41, 5.74) is 3.47. The van der Waals surface area contributed by atoms with Crippen LogP contribution in [0.3, 0.4) is 0 Å². The Hall–Kier alpha value is -0.830. The van der Waals surface area contributed by atoms with Gasteiger partial charge in [-0.05, 0) is 38.5 Å². The zero-order valence-electron chi connectivity index (χ0n) is 11.8. The molecule has 0 atom stereocenters. The average Bonchev–Trinajstić information content (AvgIpc) is 2.26. The second-order valence-corrected chi connectivity index (χ2v) is 6.85. The quantitative estimate of drug-likeness (QED) is 0.879. The van der Waals surface area contributed by atoms with Crippen LogP contribution >= 0.6 is 12.4 Å². The number of alkyl halides is 3. The van der Waals surface area contributed by atoms with Crippen molar-refractivity contribution in [1.82, 2.24) is 4.72 Å². The topological polar surface area (TPSA) is 72.2 Å². The molecule has 0 aliphatic rings. The van der Waals surface area contributed by atoms with Gasteiger partial charge in [-0.25, -0.2) is 13.1 Å². The predicted octanol–water partition coefficient (Wildman–Crippen LogP) is 2.45. The van der Waals surface area contributed by atoms with E-state index in [1.807, 2.05) is 0 Å². The van der Waals surface area contributed by atoms with Crippen LogP contribution in [0.15, 0.2) is 23.1 Å². The molecule has 3 N–H and O–H groups in total. The molecule has 0 bridgehead atoms. The summed E-state index contributed by atoms with van der Waals surface area (Å²) in [6.07, 6.45) is -4.60. The Bertz CT molecular complexity index is 601. The molecule has 21 heavy (non-hydrogen) atoms. The van der Waals surface area contributed by atoms with Crippen LogP contribution < -0.4 is 10.5 Å². The van der Waals surface area contributed by atoms with Crippen molar-refractivity contribution < 1.29 is 21.6 Å². The average molecular weight is 347 g/mol. The van der Waals surface area contributed by atoms with Crippen molar-refractivity contribution in [2.45, 2.75) is 37.4 Å². The third kappa shape index (κ3) is 5.14. The highest BCUT2D eigenvalue weighted by atomic mass is 35.5. The zero-order valence-corrected chi connectivity index (χ0v) is 13.4. The van der Waals surface area contributed by atoms with Gasteiger partial charge >= 0.3 is 6.18 Å². The first-order chi connectivity index (χ1) is 8.89. The molecule has 1 rings (SSSR count). The Morgan fingerprint density at radius 3 is 2.19 bits per heavy atom. The molecule has 122 valence electrons. The molecule has 0 aromatic heterocycles. The van der Waals surface area contributed by atoms with Crippen molar-refractivity contribution in [1.29, 1.82) is 0 Å². The van der Waals surface area contributed by atoms with E-state index in [1.165, 1.54) is 6.92 Å². The predicted molar refractivity (Wildman–Crippen MR) is 76.9 cm³/mol. The van der Waals surface area contributed by atoms with E-state index in [0.717, 1.165) is 12.1 Å². The van der Waals surface area contributed by atoms with Crippen molar-refractivity contribution >= 4 is 22.4 Å². The van der Waals surface area contributed by atoms with Gasteiger partial charge in [0.05, 0.1) is 10.5 Å². The molecule has 0 radical (unpaired) electrons. The minimum atomic E-state index is -4.60. The molecule has 0 unspecified atom stereocenters. The number of aryl methyl sites for hydroxylation is 1. The molecule has 1 aromatic rings. The molecule has 0 heterocycles. The van der Waals surface area contributed by atoms with Gasteiger partial charge in [0.2, 0.25) is 10.0 Å². The van der Waals surface area contributed by atoms with E-state index >= 15 is 0 Å². The Kier molecular flexibility index (Phi) is 6.26. The highest BCUT2D eigenvalue weighted by Gasteiger charge is 2.34. The minimum absolute atomic E-state index is 0. The monoisotopic (exact) mass is 346 g/mol. The second-order valence-electron chi connectivity index (χ2n) is 5.17. The lowest BCUT2D eigenvalue weighted by atomic mass is 10.1. The van der Waals surface area contributed by atoms with Crippen LogP contribution in [-0.2, 0) is 16.2 Å². The molecule has 0 fully saturated rings. The van der Waals surface area contributed by atoms with E-state index in [1.54, 1.807) is 13.8 Å². The van der Waals surface area contributed by atoms with Crippen LogP contribution in [0.1, 0.15) is 25.0 Å². The van der Waals surface area contributed by atoms with Gasteiger partial charge in [-0.3, -0.25) is 0 Å². The van der Waals surface area contributed by atoms with Crippen LogP contribution in [-0.4, -0.2) is 20.5 Å². The fourth-order valence-corrected chi connectivity index (χ4v) is 2.99. The number of hydrogen-bond donors (Lipinski definition) is 2. The molecule has 0 aliphatic heterocycles. The summed E-state index contributed by atoms with van der Waals surface area (Å²) in [5, 5.41) is 0. The van der Waals surface area contributed by atoms with Gasteiger partial charge in [0.15, 0.2) is 0 Å². The highest BCUT2D eigenvalue weighted by Crippen LogP contribution is 2.33. The van der Waals surface area contributed by atoms with Gasteiger partial charge in [-0.1, -0.05) is 6.07 Å². The Labute approximate surface area is 128 Å². The lowest BCUT2D eigenvalue weighted by Gasteiger charge is -2.24. The van der Waals surface area contributed by atoms with Crippen molar-refractivity contribution in [3.8, 4) is 0 Å². The SMILES string of the molecule is Cc1ccc(S(=O)(=O)NC(C)(C)CN)cc1C(F)(F)F.Cl. The first kappa shape index (κ1) is 20.2. The van der Waals surface area contributed by atoms with Crippen LogP contribution in [0.4, 0.5) is 13.2 Å². The summed E-state index contributed by atoms with van der Waals surface area (Å²) >= 11 is 0. The maximum Gasteiger partial charge on any atom is 0.416 e. The number of sulfonamides is 1. The largest absolute Gasteiger partial charge is 0.416 e. The zero-order chi connectivity index (χ0) is 15.8. The summed E-state index contributed by atoms with van der Waals surface area (Å²) in [6, 6.07) is 2.90. The standard InChI is InChI=1S/C12H17F3N2O2S.ClH/c1-8-4-5-9(6-10(8)12(13,14)15)20(18,19)17-11(2,3)7-16;/h4-6,17H,7,16H2,1-3H3;1H. The van der Waals surface area contributed by atoms with Crippen molar-refractivity contribution in [3.63, 3.8) is 0 Å². The van der Waals surface area contributed by atoms with E-state index in [-0.39, 0.29) is 24.5 Å². The number of benzene rings is 1. The molecule has 1 aromatic carbocycles. The van der Waals surface area contributed by atoms with E-state index < -0.39 is 32.2 Å². The molecular formula is C12H18ClF3N2O2S. The fourth-order valence-electron chi connectivity index (χ4n) is 1.54. The second kappa shape index (κ2) is 6.51. The van der Waals surface area contributed by atoms with Crippen LogP contribution in [0.2, 0.25) is 0 Å². The van der Waals surface area contributed by atoms with Crippen molar-refractivity contribution in [2.75, 3.05) is 6.54 Å². The first-order valence-corrected chi connectivity index (χ1v) is 7.29. The first-order valence-electron chi connectivity index (χ1n) is 5.81. The molecule has 4 nitrogen and oxygen atoms in total. The van der Waals surface area contributed by atoms with Gasteiger partial charge in [0, 0.05) is 12.1 Å². The van der Waals surface area contributed by atoms with E-state index in [0.29, 0.717) is 6.07 Å². The van der Waals surface area contributed by atoms with E-state index in [4.69, 9.17) is 5.73 Å². The van der Waals surface area contributed by atoms with Gasteiger partial charge in [0.25, 0.3) is 0 Å². The lowest BCUT2D eigenvalue weighted by Crippen LogP contribution is -2.48. The summed E-state index contributed by atoms with van der Waals surface area (Å²) in [4.78, 5) is -0.433. The van der Waals surface area contributed by atoms with Gasteiger partial charge < -0.3 is 5.73 Å². The normalized spacial score (nSPS) is 12.9. The van der Waals surface area contributed by atoms with Gasteiger partial charge in [-0.2, -0.15) is 13.2 Å². The molecule has 0 aliphatic carbocycles. The van der Waals surface area contributed by atoms with E-state index in [2.05, 4.69) is 4.72 Å². The van der Waals surface area contributed by atoms with Crippen molar-refractivity contribution in [2.24, 2.45) is 5.73 Å². The number of hydrogen-bond acceptors (Lipinski definition) is 3. The van der Waals surface area contributed by atoms with Gasteiger partial charge in [0.1, 0.15) is 0 Å². The Balaban J connectivity index is 0.00000400. The fraction of sp³-hybridized carbons (Fsp3) is 0.500. The maximum absolute atomic E-state index is 12.8. The molecule has 0 spiro atoms. The van der Waals surface area contributed by atoms with Crippen LogP contribution in [0, 0.1) is 6.92 Å². The highest BCUT2D eigenvalue weighted by molar-refractivity contribution is 7.89. The number of nitrogens with one attached hydrogen (secondary N) is 1. The van der Waals surface area contributed by atoms with Gasteiger partial charge in [-0.15, -0.1) is 12.4 Å². The Morgan fingerprint density at radius 1 is 1.24 bits per heavy atom. The third-order valence-corrected chi connectivity index (χ3v) is 4.44. The smallest absolute Gasteiger partial charge is 0.329 e. The number of rotatable bonds is 4. The van der Waals surface area contributed by atoms with E-state index in [9.17, 15) is 21.6 Å². The molecule has 0 amide bonds. The third-order valence-electron chi connectivity index (χ3n) is 2.75. The number of nitrogens with two attached hydrogens (primary N) is 1. The van der Waals surface area contributed by atoms with Crippen molar-refractivity contribution in [3.05, 3.63) is 29.3 Å². The summed E-state index contributed by atoms with van der Waals surface area (Å²) in [5.74, 6) is 0. The number of halogens is 4. The molecule has 0 saturated carbocycles. The summed E-state index contributed by atoms with van der Waals surface area (Å²) in [7, 11) is -4.06. The van der Waals surface area contributed by atoms with Crippen LogP contribution in [0.5, 0.6) is 0 Å².